The molecule has 0 aliphatic rings. The Morgan fingerprint density at radius 2 is 2.00 bits per heavy atom. The smallest absolute Gasteiger partial charge is 0.345 e. The average molecular weight is 401 g/mol. The van der Waals surface area contributed by atoms with Crippen molar-refractivity contribution in [3.63, 3.8) is 0 Å². The first-order chi connectivity index (χ1) is 12.3. The Morgan fingerprint density at radius 3 is 2.62 bits per heavy atom. The molecule has 2 rings (SSSR count). The number of ether oxygens (including phenoxy) is 2. The fourth-order valence-electron chi connectivity index (χ4n) is 2.09. The molecule has 0 saturated carbocycles. The molecule has 1 heterocycles. The van der Waals surface area contributed by atoms with Gasteiger partial charge in [0.05, 0.1) is 6.04 Å². The molecular formula is C17H18Cl2N2O5. The second kappa shape index (κ2) is 8.91. The predicted octanol–water partition coefficient (Wildman–Crippen LogP) is 3.48. The lowest BCUT2D eigenvalue weighted by atomic mass is 10.1. The molecule has 1 N–H and O–H groups in total. The van der Waals surface area contributed by atoms with Crippen molar-refractivity contribution in [2.75, 3.05) is 6.61 Å². The molecule has 0 unspecified atom stereocenters. The van der Waals surface area contributed by atoms with Crippen LogP contribution in [0.2, 0.25) is 10.0 Å². The standard InChI is InChI=1S/C17H18Cl2N2O5/c1-9-6-15(21-26-9)24-8-16(22)25-11(3)17(23)20-10(2)13-5-4-12(18)7-14(13)19/h4-7,10-11H,8H2,1-3H3,(H,20,23)/t10-,11-/m1/s1. The second-order valence-electron chi connectivity index (χ2n) is 5.59. The topological polar surface area (TPSA) is 90.7 Å². The summed E-state index contributed by atoms with van der Waals surface area (Å²) in [5, 5.41) is 7.25. The number of hydrogen-bond acceptors (Lipinski definition) is 6. The molecule has 0 saturated heterocycles. The van der Waals surface area contributed by atoms with Crippen LogP contribution in [-0.2, 0) is 14.3 Å². The molecule has 0 fully saturated rings. The summed E-state index contributed by atoms with van der Waals surface area (Å²) in [6.07, 6.45) is -1.00. The first kappa shape index (κ1) is 20.1. The summed E-state index contributed by atoms with van der Waals surface area (Å²) >= 11 is 12.0. The molecule has 7 nitrogen and oxygen atoms in total. The summed E-state index contributed by atoms with van der Waals surface area (Å²) in [5.74, 6) is -0.446. The molecule has 1 aromatic carbocycles. The van der Waals surface area contributed by atoms with Crippen molar-refractivity contribution in [1.82, 2.24) is 10.5 Å². The number of hydrogen-bond donors (Lipinski definition) is 1. The van der Waals surface area contributed by atoms with Gasteiger partial charge < -0.3 is 19.3 Å². The van der Waals surface area contributed by atoms with Crippen LogP contribution in [0.3, 0.4) is 0 Å². The van der Waals surface area contributed by atoms with Gasteiger partial charge in [-0.1, -0.05) is 29.3 Å². The number of nitrogens with zero attached hydrogens (tertiary/aromatic N) is 1. The number of nitrogens with one attached hydrogen (secondary N) is 1. The third-order valence-corrected chi connectivity index (χ3v) is 3.97. The zero-order valence-electron chi connectivity index (χ0n) is 14.4. The van der Waals surface area contributed by atoms with Crippen molar-refractivity contribution in [2.24, 2.45) is 0 Å². The summed E-state index contributed by atoms with van der Waals surface area (Å²) in [7, 11) is 0. The maximum atomic E-state index is 12.2. The van der Waals surface area contributed by atoms with Crippen LogP contribution in [0.25, 0.3) is 0 Å². The SMILES string of the molecule is Cc1cc(OCC(=O)O[C@H](C)C(=O)N[C@H](C)c2ccc(Cl)cc2Cl)no1. The Balaban J connectivity index is 1.83. The van der Waals surface area contributed by atoms with Gasteiger partial charge in [-0.3, -0.25) is 4.79 Å². The molecule has 2 aromatic rings. The van der Waals surface area contributed by atoms with Crippen molar-refractivity contribution >= 4 is 35.1 Å². The van der Waals surface area contributed by atoms with E-state index >= 15 is 0 Å². The number of aryl methyl sites for hydroxylation is 1. The zero-order valence-corrected chi connectivity index (χ0v) is 15.9. The van der Waals surface area contributed by atoms with E-state index in [4.69, 9.17) is 37.2 Å². The molecule has 140 valence electrons. The van der Waals surface area contributed by atoms with Crippen LogP contribution in [0.5, 0.6) is 5.88 Å². The van der Waals surface area contributed by atoms with E-state index in [2.05, 4.69) is 10.5 Å². The van der Waals surface area contributed by atoms with Crippen LogP contribution in [0.1, 0.15) is 31.2 Å². The van der Waals surface area contributed by atoms with Crippen molar-refractivity contribution < 1.29 is 23.6 Å². The normalized spacial score (nSPS) is 13.0. The van der Waals surface area contributed by atoms with Crippen LogP contribution >= 0.6 is 23.2 Å². The fraction of sp³-hybridized carbons (Fsp3) is 0.353. The van der Waals surface area contributed by atoms with E-state index in [9.17, 15) is 9.59 Å². The molecule has 0 aliphatic heterocycles. The van der Waals surface area contributed by atoms with Gasteiger partial charge in [0.15, 0.2) is 12.7 Å². The van der Waals surface area contributed by atoms with Gasteiger partial charge in [-0.05, 0) is 43.6 Å². The van der Waals surface area contributed by atoms with Gasteiger partial charge in [0.1, 0.15) is 5.76 Å². The zero-order chi connectivity index (χ0) is 19.3. The van der Waals surface area contributed by atoms with Crippen molar-refractivity contribution in [3.8, 4) is 5.88 Å². The molecule has 9 heteroatoms. The van der Waals surface area contributed by atoms with Gasteiger partial charge in [0.25, 0.3) is 11.8 Å². The van der Waals surface area contributed by atoms with Crippen molar-refractivity contribution in [2.45, 2.75) is 32.9 Å². The van der Waals surface area contributed by atoms with Gasteiger partial charge >= 0.3 is 5.97 Å². The van der Waals surface area contributed by atoms with Crippen molar-refractivity contribution in [1.29, 1.82) is 0 Å². The highest BCUT2D eigenvalue weighted by Crippen LogP contribution is 2.26. The molecular weight excluding hydrogens is 383 g/mol. The van der Waals surface area contributed by atoms with Crippen LogP contribution in [0.4, 0.5) is 0 Å². The summed E-state index contributed by atoms with van der Waals surface area (Å²) in [6.45, 7) is 4.53. The number of esters is 1. The van der Waals surface area contributed by atoms with E-state index < -0.39 is 18.0 Å². The van der Waals surface area contributed by atoms with E-state index in [1.165, 1.54) is 13.0 Å². The first-order valence-corrected chi connectivity index (χ1v) is 8.52. The van der Waals surface area contributed by atoms with E-state index in [1.54, 1.807) is 32.0 Å². The third kappa shape index (κ3) is 5.64. The minimum atomic E-state index is -1.00. The minimum Gasteiger partial charge on any atom is -0.463 e. The Kier molecular flexibility index (Phi) is 6.88. The lowest BCUT2D eigenvalue weighted by molar-refractivity contribution is -0.156. The molecule has 26 heavy (non-hydrogen) atoms. The number of rotatable bonds is 7. The average Bonchev–Trinajstić information content (AvgIpc) is 2.98. The van der Waals surface area contributed by atoms with Gasteiger partial charge in [-0.15, -0.1) is 0 Å². The molecule has 2 atom stereocenters. The van der Waals surface area contributed by atoms with E-state index in [1.807, 2.05) is 0 Å². The van der Waals surface area contributed by atoms with Gasteiger partial charge in [-0.25, -0.2) is 4.79 Å². The Bertz CT molecular complexity index is 793. The molecule has 0 aliphatic carbocycles. The predicted molar refractivity (Wildman–Crippen MR) is 95.3 cm³/mol. The lowest BCUT2D eigenvalue weighted by Gasteiger charge is -2.19. The largest absolute Gasteiger partial charge is 0.463 e. The van der Waals surface area contributed by atoms with E-state index in [0.717, 1.165) is 0 Å². The van der Waals surface area contributed by atoms with Gasteiger partial charge in [-0.2, -0.15) is 0 Å². The monoisotopic (exact) mass is 400 g/mol. The number of benzene rings is 1. The number of carbonyl (C=O) groups excluding carboxylic acids is 2. The maximum absolute atomic E-state index is 12.2. The second-order valence-corrected chi connectivity index (χ2v) is 6.44. The number of carbonyl (C=O) groups is 2. The quantitative estimate of drug-likeness (QED) is 0.715. The van der Waals surface area contributed by atoms with Crippen LogP contribution < -0.4 is 10.1 Å². The first-order valence-electron chi connectivity index (χ1n) is 7.77. The highest BCUT2D eigenvalue weighted by molar-refractivity contribution is 6.35. The summed E-state index contributed by atoms with van der Waals surface area (Å²) in [6, 6.07) is 6.13. The number of aromatic nitrogens is 1. The summed E-state index contributed by atoms with van der Waals surface area (Å²) < 4.78 is 15.0. The molecule has 1 aromatic heterocycles. The number of halogens is 2. The Morgan fingerprint density at radius 1 is 1.27 bits per heavy atom. The Labute approximate surface area is 160 Å². The fourth-order valence-corrected chi connectivity index (χ4v) is 2.66. The molecule has 0 radical (unpaired) electrons. The highest BCUT2D eigenvalue weighted by atomic mass is 35.5. The van der Waals surface area contributed by atoms with Crippen molar-refractivity contribution in [3.05, 3.63) is 45.6 Å². The molecule has 0 bridgehead atoms. The lowest BCUT2D eigenvalue weighted by Crippen LogP contribution is -2.38. The van der Waals surface area contributed by atoms with Crippen LogP contribution in [0, 0.1) is 6.92 Å². The van der Waals surface area contributed by atoms with Crippen LogP contribution in [0.15, 0.2) is 28.8 Å². The summed E-state index contributed by atoms with van der Waals surface area (Å²) in [5.41, 5.74) is 0.702. The summed E-state index contributed by atoms with van der Waals surface area (Å²) in [4.78, 5) is 24.0. The molecule has 0 spiro atoms. The van der Waals surface area contributed by atoms with Gasteiger partial charge in [0, 0.05) is 16.1 Å². The highest BCUT2D eigenvalue weighted by Gasteiger charge is 2.21. The van der Waals surface area contributed by atoms with E-state index in [-0.39, 0.29) is 18.5 Å². The van der Waals surface area contributed by atoms with Crippen LogP contribution in [-0.4, -0.2) is 29.7 Å². The maximum Gasteiger partial charge on any atom is 0.345 e. The molecule has 1 amide bonds. The third-order valence-electron chi connectivity index (χ3n) is 3.41. The van der Waals surface area contributed by atoms with Gasteiger partial charge in [0.2, 0.25) is 0 Å². The Hall–Kier alpha value is -2.25. The van der Waals surface area contributed by atoms with E-state index in [0.29, 0.717) is 21.4 Å². The number of amides is 1. The minimum absolute atomic E-state index is 0.169.